The molecular formula is C17H23N3O2. The third-order valence-electron chi connectivity index (χ3n) is 4.56. The van der Waals surface area contributed by atoms with E-state index in [-0.39, 0.29) is 17.7 Å². The summed E-state index contributed by atoms with van der Waals surface area (Å²) in [7, 11) is 0. The number of carbonyl (C=O) groups is 2. The van der Waals surface area contributed by atoms with Crippen LogP contribution in [0.2, 0.25) is 0 Å². The lowest BCUT2D eigenvalue weighted by atomic mass is 9.96. The fourth-order valence-electron chi connectivity index (χ4n) is 2.87. The summed E-state index contributed by atoms with van der Waals surface area (Å²) in [6, 6.07) is 7.24. The van der Waals surface area contributed by atoms with Crippen molar-refractivity contribution in [1.82, 2.24) is 4.90 Å². The zero-order chi connectivity index (χ0) is 15.5. The number of hydrogen-bond acceptors (Lipinski definition) is 3. The normalized spacial score (nSPS) is 19.0. The van der Waals surface area contributed by atoms with Crippen LogP contribution in [0.15, 0.2) is 24.3 Å². The maximum atomic E-state index is 12.6. The molecule has 22 heavy (non-hydrogen) atoms. The number of nitrogens with two attached hydrogens (primary N) is 1. The van der Waals surface area contributed by atoms with Gasteiger partial charge in [-0.15, -0.1) is 0 Å². The lowest BCUT2D eigenvalue weighted by molar-refractivity contribution is -0.117. The van der Waals surface area contributed by atoms with Gasteiger partial charge >= 0.3 is 0 Å². The van der Waals surface area contributed by atoms with Crippen molar-refractivity contribution in [3.8, 4) is 0 Å². The van der Waals surface area contributed by atoms with E-state index in [1.807, 2.05) is 23.1 Å². The Morgan fingerprint density at radius 3 is 2.55 bits per heavy atom. The summed E-state index contributed by atoms with van der Waals surface area (Å²) in [4.78, 5) is 26.3. The van der Waals surface area contributed by atoms with Crippen LogP contribution >= 0.6 is 0 Å². The Hall–Kier alpha value is -1.88. The summed E-state index contributed by atoms with van der Waals surface area (Å²) in [5.74, 6) is 0.800. The van der Waals surface area contributed by atoms with E-state index in [1.54, 1.807) is 6.07 Å². The zero-order valence-electron chi connectivity index (χ0n) is 12.8. The topological polar surface area (TPSA) is 75.4 Å². The predicted octanol–water partition coefficient (Wildman–Crippen LogP) is 1.85. The summed E-state index contributed by atoms with van der Waals surface area (Å²) in [6.07, 6.45) is 3.89. The lowest BCUT2D eigenvalue weighted by Gasteiger charge is -2.31. The Morgan fingerprint density at radius 1 is 1.18 bits per heavy atom. The second kappa shape index (κ2) is 6.48. The molecule has 1 aliphatic carbocycles. The molecular weight excluding hydrogens is 278 g/mol. The van der Waals surface area contributed by atoms with Crippen LogP contribution in [0.5, 0.6) is 0 Å². The molecule has 2 amide bonds. The molecule has 1 aromatic rings. The smallest absolute Gasteiger partial charge is 0.253 e. The molecule has 5 heteroatoms. The molecule has 0 atom stereocenters. The van der Waals surface area contributed by atoms with Crippen LogP contribution < -0.4 is 11.1 Å². The second-order valence-electron chi connectivity index (χ2n) is 6.32. The summed E-state index contributed by atoms with van der Waals surface area (Å²) in [5, 5.41) is 2.89. The van der Waals surface area contributed by atoms with Gasteiger partial charge in [-0.2, -0.15) is 0 Å². The molecule has 3 rings (SSSR count). The van der Waals surface area contributed by atoms with Crippen molar-refractivity contribution < 1.29 is 9.59 Å². The van der Waals surface area contributed by atoms with Gasteiger partial charge in [-0.3, -0.25) is 9.59 Å². The molecule has 1 heterocycles. The van der Waals surface area contributed by atoms with Crippen molar-refractivity contribution in [2.24, 2.45) is 17.6 Å². The maximum Gasteiger partial charge on any atom is 0.253 e. The number of carbonyl (C=O) groups excluding carboxylic acids is 2. The van der Waals surface area contributed by atoms with Gasteiger partial charge in [0.05, 0.1) is 0 Å². The number of piperidine rings is 1. The summed E-state index contributed by atoms with van der Waals surface area (Å²) in [5.41, 5.74) is 7.03. The summed E-state index contributed by atoms with van der Waals surface area (Å²) in [6.45, 7) is 2.23. The van der Waals surface area contributed by atoms with Crippen LogP contribution in [-0.4, -0.2) is 36.3 Å². The number of nitrogens with zero attached hydrogens (tertiary/aromatic N) is 1. The maximum absolute atomic E-state index is 12.6. The Balaban J connectivity index is 1.63. The van der Waals surface area contributed by atoms with Gasteiger partial charge < -0.3 is 16.0 Å². The van der Waals surface area contributed by atoms with Gasteiger partial charge in [-0.05, 0) is 56.3 Å². The van der Waals surface area contributed by atoms with Crippen molar-refractivity contribution >= 4 is 17.5 Å². The molecule has 2 fully saturated rings. The Kier molecular flexibility index (Phi) is 4.43. The van der Waals surface area contributed by atoms with Gasteiger partial charge in [0.25, 0.3) is 5.91 Å². The van der Waals surface area contributed by atoms with Crippen molar-refractivity contribution in [1.29, 1.82) is 0 Å². The SMILES string of the molecule is NCC1CCN(C(=O)c2cccc(NC(=O)C3CC3)c2)CC1. The van der Waals surface area contributed by atoms with E-state index in [4.69, 9.17) is 5.73 Å². The molecule has 118 valence electrons. The number of benzene rings is 1. The van der Waals surface area contributed by atoms with Crippen LogP contribution in [0.4, 0.5) is 5.69 Å². The van der Waals surface area contributed by atoms with Crippen LogP contribution in [0, 0.1) is 11.8 Å². The Morgan fingerprint density at radius 2 is 1.91 bits per heavy atom. The molecule has 3 N–H and O–H groups in total. The van der Waals surface area contributed by atoms with Gasteiger partial charge in [-0.25, -0.2) is 0 Å². The molecule has 0 unspecified atom stereocenters. The van der Waals surface area contributed by atoms with Gasteiger partial charge in [0.15, 0.2) is 0 Å². The molecule has 0 radical (unpaired) electrons. The lowest BCUT2D eigenvalue weighted by Crippen LogP contribution is -2.40. The molecule has 1 aliphatic heterocycles. The highest BCUT2D eigenvalue weighted by Gasteiger charge is 2.29. The number of amides is 2. The van der Waals surface area contributed by atoms with Gasteiger partial charge in [0.2, 0.25) is 5.91 Å². The molecule has 0 bridgehead atoms. The molecule has 1 saturated carbocycles. The van der Waals surface area contributed by atoms with Crippen molar-refractivity contribution in [3.05, 3.63) is 29.8 Å². The number of anilines is 1. The predicted molar refractivity (Wildman–Crippen MR) is 85.5 cm³/mol. The van der Waals surface area contributed by atoms with Crippen molar-refractivity contribution in [3.63, 3.8) is 0 Å². The first-order valence-electron chi connectivity index (χ1n) is 8.07. The monoisotopic (exact) mass is 301 g/mol. The van der Waals surface area contributed by atoms with Gasteiger partial charge in [0.1, 0.15) is 0 Å². The van der Waals surface area contributed by atoms with E-state index in [9.17, 15) is 9.59 Å². The van der Waals surface area contributed by atoms with Crippen molar-refractivity contribution in [2.75, 3.05) is 25.0 Å². The average molecular weight is 301 g/mol. The number of rotatable bonds is 4. The largest absolute Gasteiger partial charge is 0.339 e. The minimum Gasteiger partial charge on any atom is -0.339 e. The fourth-order valence-corrected chi connectivity index (χ4v) is 2.87. The van der Waals surface area contributed by atoms with Crippen LogP contribution in [-0.2, 0) is 4.79 Å². The second-order valence-corrected chi connectivity index (χ2v) is 6.32. The molecule has 5 nitrogen and oxygen atoms in total. The van der Waals surface area contributed by atoms with Crippen LogP contribution in [0.1, 0.15) is 36.0 Å². The fraction of sp³-hybridized carbons (Fsp3) is 0.529. The minimum absolute atomic E-state index is 0.0398. The zero-order valence-corrected chi connectivity index (χ0v) is 12.8. The minimum atomic E-state index is 0.0398. The highest BCUT2D eigenvalue weighted by molar-refractivity contribution is 5.98. The molecule has 0 spiro atoms. The van der Waals surface area contributed by atoms with Crippen LogP contribution in [0.3, 0.4) is 0 Å². The van der Waals surface area contributed by atoms with E-state index in [0.29, 0.717) is 23.7 Å². The third kappa shape index (κ3) is 3.47. The summed E-state index contributed by atoms with van der Waals surface area (Å²) < 4.78 is 0. The first-order valence-corrected chi connectivity index (χ1v) is 8.07. The van der Waals surface area contributed by atoms with Crippen molar-refractivity contribution in [2.45, 2.75) is 25.7 Å². The highest BCUT2D eigenvalue weighted by Crippen LogP contribution is 2.30. The average Bonchev–Trinajstić information content (AvgIpc) is 3.39. The van der Waals surface area contributed by atoms with E-state index < -0.39 is 0 Å². The van der Waals surface area contributed by atoms with E-state index in [0.717, 1.165) is 38.8 Å². The molecule has 2 aliphatic rings. The highest BCUT2D eigenvalue weighted by atomic mass is 16.2. The molecule has 0 aromatic heterocycles. The first kappa shape index (κ1) is 15.0. The first-order chi connectivity index (χ1) is 10.7. The van der Waals surface area contributed by atoms with E-state index in [1.165, 1.54) is 0 Å². The van der Waals surface area contributed by atoms with Crippen LogP contribution in [0.25, 0.3) is 0 Å². The van der Waals surface area contributed by atoms with Gasteiger partial charge in [-0.1, -0.05) is 6.07 Å². The van der Waals surface area contributed by atoms with E-state index >= 15 is 0 Å². The number of likely N-dealkylation sites (tertiary alicyclic amines) is 1. The quantitative estimate of drug-likeness (QED) is 0.891. The molecule has 1 aromatic carbocycles. The third-order valence-corrected chi connectivity index (χ3v) is 4.56. The summed E-state index contributed by atoms with van der Waals surface area (Å²) >= 11 is 0. The standard InChI is InChI=1S/C17H23N3O2/c18-11-12-6-8-20(9-7-12)17(22)14-2-1-3-15(10-14)19-16(21)13-4-5-13/h1-3,10,12-13H,4-9,11,18H2,(H,19,21). The Bertz CT molecular complexity index is 561. The molecule has 1 saturated heterocycles. The van der Waals surface area contributed by atoms with E-state index in [2.05, 4.69) is 5.32 Å². The number of nitrogens with one attached hydrogen (secondary N) is 1. The number of hydrogen-bond donors (Lipinski definition) is 2. The van der Waals surface area contributed by atoms with Gasteiger partial charge in [0, 0.05) is 30.3 Å². The Labute approximate surface area is 130 Å².